The maximum Gasteiger partial charge on any atom is 0.230 e. The Kier molecular flexibility index (Phi) is 2.23. The molecule has 0 rings (SSSR count). The summed E-state index contributed by atoms with van der Waals surface area (Å²) in [7, 11) is 0. The topological polar surface area (TPSA) is 102 Å². The van der Waals surface area contributed by atoms with Crippen molar-refractivity contribution in [3.63, 3.8) is 0 Å². The van der Waals surface area contributed by atoms with E-state index in [0.29, 0.717) is 0 Å². The second kappa shape index (κ2) is 2.55. The molecule has 1 amide bonds. The summed E-state index contributed by atoms with van der Waals surface area (Å²) in [5.74, 6) is -0.803. The molecule has 0 spiro atoms. The van der Waals surface area contributed by atoms with Crippen LogP contribution in [0.25, 0.3) is 0 Å². The van der Waals surface area contributed by atoms with Gasteiger partial charge in [0.15, 0.2) is 5.84 Å². The zero-order valence-electron chi connectivity index (χ0n) is 5.96. The van der Waals surface area contributed by atoms with Crippen LogP contribution in [0.1, 0.15) is 13.8 Å². The summed E-state index contributed by atoms with van der Waals surface area (Å²) in [4.78, 5) is 10.6. The van der Waals surface area contributed by atoms with Crippen molar-refractivity contribution in [2.24, 2.45) is 22.0 Å². The minimum atomic E-state index is -1.07. The molecule has 5 N–H and O–H groups in total. The van der Waals surface area contributed by atoms with E-state index in [9.17, 15) is 4.79 Å². The molecule has 58 valence electrons. The first kappa shape index (κ1) is 8.74. The van der Waals surface area contributed by atoms with Gasteiger partial charge in [-0.1, -0.05) is 5.16 Å². The Morgan fingerprint density at radius 3 is 2.00 bits per heavy atom. The van der Waals surface area contributed by atoms with Crippen LogP contribution < -0.4 is 11.5 Å². The summed E-state index contributed by atoms with van der Waals surface area (Å²) in [6, 6.07) is 0. The number of amides is 1. The van der Waals surface area contributed by atoms with Crippen molar-refractivity contribution in [3.05, 3.63) is 0 Å². The average molecular weight is 145 g/mol. The van der Waals surface area contributed by atoms with Gasteiger partial charge in [0.05, 0.1) is 0 Å². The summed E-state index contributed by atoms with van der Waals surface area (Å²) in [5.41, 5.74) is 9.01. The number of primary amides is 1. The van der Waals surface area contributed by atoms with Gasteiger partial charge in [-0.05, 0) is 13.8 Å². The van der Waals surface area contributed by atoms with Crippen molar-refractivity contribution >= 4 is 11.7 Å². The molecular weight excluding hydrogens is 134 g/mol. The summed E-state index contributed by atoms with van der Waals surface area (Å²) in [6.45, 7) is 2.95. The third-order valence-electron chi connectivity index (χ3n) is 1.36. The first-order chi connectivity index (χ1) is 4.42. The van der Waals surface area contributed by atoms with Gasteiger partial charge < -0.3 is 16.7 Å². The number of nitrogens with zero attached hydrogens (tertiary/aromatic N) is 1. The van der Waals surface area contributed by atoms with Crippen LogP contribution in [-0.4, -0.2) is 17.0 Å². The Morgan fingerprint density at radius 1 is 1.50 bits per heavy atom. The third kappa shape index (κ3) is 1.37. The van der Waals surface area contributed by atoms with Crippen molar-refractivity contribution in [1.29, 1.82) is 0 Å². The van der Waals surface area contributed by atoms with E-state index >= 15 is 0 Å². The maximum atomic E-state index is 10.6. The fraction of sp³-hybridized carbons (Fsp3) is 0.600. The van der Waals surface area contributed by atoms with Crippen molar-refractivity contribution in [2.75, 3.05) is 0 Å². The lowest BCUT2D eigenvalue weighted by Gasteiger charge is -2.17. The molecule has 0 aromatic rings. The Labute approximate surface area is 58.7 Å². The lowest BCUT2D eigenvalue weighted by molar-refractivity contribution is -0.123. The highest BCUT2D eigenvalue weighted by atomic mass is 16.4. The zero-order chi connectivity index (χ0) is 8.36. The minimum absolute atomic E-state index is 0.181. The van der Waals surface area contributed by atoms with Gasteiger partial charge in [0.2, 0.25) is 5.91 Å². The van der Waals surface area contributed by atoms with Gasteiger partial charge in [-0.2, -0.15) is 0 Å². The monoisotopic (exact) mass is 145 g/mol. The van der Waals surface area contributed by atoms with Crippen molar-refractivity contribution in [2.45, 2.75) is 13.8 Å². The van der Waals surface area contributed by atoms with E-state index in [1.807, 2.05) is 0 Å². The van der Waals surface area contributed by atoms with E-state index in [4.69, 9.17) is 16.7 Å². The van der Waals surface area contributed by atoms with Crippen LogP contribution in [0.15, 0.2) is 5.16 Å². The average Bonchev–Trinajstić information content (AvgIpc) is 1.86. The summed E-state index contributed by atoms with van der Waals surface area (Å²) in [6.07, 6.45) is 0. The molecule has 0 saturated carbocycles. The Morgan fingerprint density at radius 2 is 1.90 bits per heavy atom. The molecule has 5 heteroatoms. The third-order valence-corrected chi connectivity index (χ3v) is 1.36. The van der Waals surface area contributed by atoms with Crippen LogP contribution in [0, 0.1) is 5.41 Å². The van der Waals surface area contributed by atoms with Crippen molar-refractivity contribution in [1.82, 2.24) is 0 Å². The molecule has 5 nitrogen and oxygen atoms in total. The molecule has 0 bridgehead atoms. The van der Waals surface area contributed by atoms with E-state index in [0.717, 1.165) is 0 Å². The number of amidine groups is 1. The van der Waals surface area contributed by atoms with Crippen LogP contribution in [0.2, 0.25) is 0 Å². The quantitative estimate of drug-likeness (QED) is 0.206. The second-order valence-corrected chi connectivity index (χ2v) is 2.47. The molecule has 0 aromatic carbocycles. The van der Waals surface area contributed by atoms with Crippen molar-refractivity contribution in [3.8, 4) is 0 Å². The number of hydrogen-bond donors (Lipinski definition) is 3. The van der Waals surface area contributed by atoms with Crippen LogP contribution in [-0.2, 0) is 4.79 Å². The largest absolute Gasteiger partial charge is 0.409 e. The number of oxime groups is 1. The van der Waals surface area contributed by atoms with Gasteiger partial charge in [-0.3, -0.25) is 4.79 Å². The highest BCUT2D eigenvalue weighted by Gasteiger charge is 2.30. The summed E-state index contributed by atoms with van der Waals surface area (Å²) < 4.78 is 0. The fourth-order valence-corrected chi connectivity index (χ4v) is 0.251. The minimum Gasteiger partial charge on any atom is -0.409 e. The van der Waals surface area contributed by atoms with E-state index in [1.54, 1.807) is 0 Å². The number of nitrogens with two attached hydrogens (primary N) is 2. The predicted octanol–water partition coefficient (Wildman–Crippen LogP) is -0.756. The van der Waals surface area contributed by atoms with Gasteiger partial charge >= 0.3 is 0 Å². The van der Waals surface area contributed by atoms with Gasteiger partial charge in [-0.15, -0.1) is 0 Å². The molecule has 0 aliphatic carbocycles. The van der Waals surface area contributed by atoms with Crippen molar-refractivity contribution < 1.29 is 10.0 Å². The standard InChI is InChI=1S/C5H11N3O2/c1-5(2,4(7)9)3(6)8-10/h10H,1-2H3,(H2,6,8)(H2,7,9). The lowest BCUT2D eigenvalue weighted by atomic mass is 9.91. The summed E-state index contributed by atoms with van der Waals surface area (Å²) >= 11 is 0. The number of carbonyl (C=O) groups is 1. The molecule has 0 atom stereocenters. The Bertz CT molecular complexity index is 174. The first-order valence-corrected chi connectivity index (χ1v) is 2.71. The zero-order valence-corrected chi connectivity index (χ0v) is 5.96. The van der Waals surface area contributed by atoms with Gasteiger partial charge in [0, 0.05) is 0 Å². The molecule has 0 saturated heterocycles. The smallest absolute Gasteiger partial charge is 0.230 e. The van der Waals surface area contributed by atoms with Gasteiger partial charge in [-0.25, -0.2) is 0 Å². The van der Waals surface area contributed by atoms with Crippen LogP contribution >= 0.6 is 0 Å². The van der Waals surface area contributed by atoms with Crippen LogP contribution in [0.3, 0.4) is 0 Å². The summed E-state index contributed by atoms with van der Waals surface area (Å²) in [5, 5.41) is 10.8. The molecular formula is C5H11N3O2. The van der Waals surface area contributed by atoms with Gasteiger partial charge in [0.1, 0.15) is 5.41 Å². The normalized spacial score (nSPS) is 13.2. The van der Waals surface area contributed by atoms with E-state index in [2.05, 4.69) is 5.16 Å². The van der Waals surface area contributed by atoms with Crippen LogP contribution in [0.4, 0.5) is 0 Å². The Hall–Kier alpha value is -1.26. The van der Waals surface area contributed by atoms with Crippen LogP contribution in [0.5, 0.6) is 0 Å². The molecule has 0 fully saturated rings. The molecule has 0 unspecified atom stereocenters. The molecule has 0 heterocycles. The predicted molar refractivity (Wildman–Crippen MR) is 36.4 cm³/mol. The molecule has 0 aromatic heterocycles. The first-order valence-electron chi connectivity index (χ1n) is 2.71. The SMILES string of the molecule is CC(C)(C(N)=O)/C(N)=N/O. The second-order valence-electron chi connectivity index (χ2n) is 2.47. The number of rotatable bonds is 2. The number of hydrogen-bond acceptors (Lipinski definition) is 3. The molecule has 0 aliphatic heterocycles. The lowest BCUT2D eigenvalue weighted by Crippen LogP contribution is -2.43. The van der Waals surface area contributed by atoms with Gasteiger partial charge in [0.25, 0.3) is 0 Å². The maximum absolute atomic E-state index is 10.6. The fourth-order valence-electron chi connectivity index (χ4n) is 0.251. The number of carbonyl (C=O) groups excluding carboxylic acids is 1. The molecule has 10 heavy (non-hydrogen) atoms. The molecule has 0 radical (unpaired) electrons. The highest BCUT2D eigenvalue weighted by Crippen LogP contribution is 2.12. The highest BCUT2D eigenvalue weighted by molar-refractivity contribution is 6.05. The van der Waals surface area contributed by atoms with E-state index in [1.165, 1.54) is 13.8 Å². The Balaban J connectivity index is 4.56. The van der Waals surface area contributed by atoms with E-state index < -0.39 is 11.3 Å². The van der Waals surface area contributed by atoms with E-state index in [-0.39, 0.29) is 5.84 Å². The molecule has 0 aliphatic rings.